The maximum atomic E-state index is 9.22. The first-order valence-corrected chi connectivity index (χ1v) is 4.19. The third kappa shape index (κ3) is 5.18. The molecule has 68 valence electrons. The summed E-state index contributed by atoms with van der Waals surface area (Å²) in [5, 5.41) is 26.8. The molecule has 0 saturated carbocycles. The molecule has 0 aromatic carbocycles. The van der Waals surface area contributed by atoms with E-state index in [0.29, 0.717) is 6.42 Å². The van der Waals surface area contributed by atoms with Crippen LogP contribution in [0.3, 0.4) is 0 Å². The molecule has 3 N–H and O–H groups in total. The largest absolute Gasteiger partial charge is 0.396 e. The predicted molar refractivity (Wildman–Crippen MR) is 43.2 cm³/mol. The number of aliphatic hydroxyl groups excluding tert-OH is 3. The summed E-state index contributed by atoms with van der Waals surface area (Å²) >= 11 is 0. The quantitative estimate of drug-likeness (QED) is 0.525. The number of hydrogen-bond donors (Lipinski definition) is 3. The van der Waals surface area contributed by atoms with E-state index in [1.165, 1.54) is 0 Å². The second kappa shape index (κ2) is 6.58. The highest BCUT2D eigenvalue weighted by Gasteiger charge is 2.13. The van der Waals surface area contributed by atoms with Gasteiger partial charge in [0.1, 0.15) is 0 Å². The zero-order valence-corrected chi connectivity index (χ0v) is 7.03. The summed E-state index contributed by atoms with van der Waals surface area (Å²) in [4.78, 5) is 0. The Morgan fingerprint density at radius 3 is 2.09 bits per heavy atom. The number of rotatable bonds is 6. The van der Waals surface area contributed by atoms with Crippen molar-refractivity contribution in [3.8, 4) is 0 Å². The molecule has 3 nitrogen and oxygen atoms in total. The molecule has 0 aliphatic rings. The minimum absolute atomic E-state index is 0.0651. The van der Waals surface area contributed by atoms with Gasteiger partial charge in [0.15, 0.2) is 0 Å². The van der Waals surface area contributed by atoms with E-state index in [2.05, 4.69) is 0 Å². The molecule has 3 heteroatoms. The Bertz CT molecular complexity index is 85.4. The number of unbranched alkanes of at least 4 members (excludes halogenated alkanes) is 1. The van der Waals surface area contributed by atoms with Crippen LogP contribution in [0, 0.1) is 0 Å². The van der Waals surface area contributed by atoms with Crippen LogP contribution in [0.25, 0.3) is 0 Å². The van der Waals surface area contributed by atoms with E-state index in [9.17, 15) is 5.11 Å². The van der Waals surface area contributed by atoms with Crippen molar-refractivity contribution in [3.63, 3.8) is 0 Å². The SMILES string of the molecule is CCCCC(O)C(O)CCO. The van der Waals surface area contributed by atoms with Gasteiger partial charge in [0, 0.05) is 6.61 Å². The number of aliphatic hydroxyl groups is 3. The molecule has 0 heterocycles. The topological polar surface area (TPSA) is 60.7 Å². The lowest BCUT2D eigenvalue weighted by atomic mass is 10.1. The summed E-state index contributed by atoms with van der Waals surface area (Å²) in [6.07, 6.45) is 1.41. The van der Waals surface area contributed by atoms with Crippen LogP contribution in [0.5, 0.6) is 0 Å². The van der Waals surface area contributed by atoms with Crippen molar-refractivity contribution in [2.75, 3.05) is 6.61 Å². The first-order chi connectivity index (χ1) is 5.22. The summed E-state index contributed by atoms with van der Waals surface area (Å²) in [6.45, 7) is 1.97. The van der Waals surface area contributed by atoms with Gasteiger partial charge in [0.25, 0.3) is 0 Å². The third-order valence-electron chi connectivity index (χ3n) is 1.72. The second-order valence-electron chi connectivity index (χ2n) is 2.79. The van der Waals surface area contributed by atoms with E-state index >= 15 is 0 Å². The zero-order chi connectivity index (χ0) is 8.69. The predicted octanol–water partition coefficient (Wildman–Crippen LogP) is 0.281. The van der Waals surface area contributed by atoms with E-state index in [1.807, 2.05) is 6.92 Å². The fraction of sp³-hybridized carbons (Fsp3) is 1.00. The van der Waals surface area contributed by atoms with Crippen LogP contribution >= 0.6 is 0 Å². The highest BCUT2D eigenvalue weighted by molar-refractivity contribution is 4.66. The molecule has 2 atom stereocenters. The lowest BCUT2D eigenvalue weighted by Gasteiger charge is -2.15. The van der Waals surface area contributed by atoms with Crippen molar-refractivity contribution < 1.29 is 15.3 Å². The maximum Gasteiger partial charge on any atom is 0.0820 e. The fourth-order valence-electron chi connectivity index (χ4n) is 0.930. The summed E-state index contributed by atoms with van der Waals surface area (Å²) in [6, 6.07) is 0. The van der Waals surface area contributed by atoms with Crippen LogP contribution in [-0.2, 0) is 0 Å². The van der Waals surface area contributed by atoms with Crippen LogP contribution < -0.4 is 0 Å². The molecule has 0 aromatic heterocycles. The summed E-state index contributed by atoms with van der Waals surface area (Å²) in [7, 11) is 0. The average Bonchev–Trinajstić information content (AvgIpc) is 2.00. The van der Waals surface area contributed by atoms with E-state index in [4.69, 9.17) is 10.2 Å². The van der Waals surface area contributed by atoms with Gasteiger partial charge >= 0.3 is 0 Å². The minimum Gasteiger partial charge on any atom is -0.396 e. The van der Waals surface area contributed by atoms with Gasteiger partial charge in [-0.2, -0.15) is 0 Å². The maximum absolute atomic E-state index is 9.22. The normalized spacial score (nSPS) is 16.4. The van der Waals surface area contributed by atoms with Crippen molar-refractivity contribution in [2.45, 2.75) is 44.8 Å². The van der Waals surface area contributed by atoms with Gasteiger partial charge in [0.2, 0.25) is 0 Å². The Labute approximate surface area is 67.7 Å². The Morgan fingerprint density at radius 2 is 1.64 bits per heavy atom. The van der Waals surface area contributed by atoms with Gasteiger partial charge in [-0.15, -0.1) is 0 Å². The van der Waals surface area contributed by atoms with Crippen molar-refractivity contribution in [2.24, 2.45) is 0 Å². The monoisotopic (exact) mass is 162 g/mol. The molecule has 0 amide bonds. The third-order valence-corrected chi connectivity index (χ3v) is 1.72. The van der Waals surface area contributed by atoms with Crippen LogP contribution in [0.2, 0.25) is 0 Å². The van der Waals surface area contributed by atoms with E-state index in [-0.39, 0.29) is 13.0 Å². The molecule has 0 aromatic rings. The number of hydrogen-bond acceptors (Lipinski definition) is 3. The Balaban J connectivity index is 3.38. The van der Waals surface area contributed by atoms with Crippen molar-refractivity contribution in [1.29, 1.82) is 0 Å². The summed E-state index contributed by atoms with van der Waals surface area (Å²) < 4.78 is 0. The molecular formula is C8H18O3. The van der Waals surface area contributed by atoms with Gasteiger partial charge in [-0.3, -0.25) is 0 Å². The van der Waals surface area contributed by atoms with E-state index in [1.54, 1.807) is 0 Å². The smallest absolute Gasteiger partial charge is 0.0820 e. The molecule has 0 spiro atoms. The van der Waals surface area contributed by atoms with Gasteiger partial charge in [-0.25, -0.2) is 0 Å². The molecule has 0 fully saturated rings. The van der Waals surface area contributed by atoms with Gasteiger partial charge in [-0.05, 0) is 12.8 Å². The Morgan fingerprint density at radius 1 is 1.09 bits per heavy atom. The van der Waals surface area contributed by atoms with Crippen LogP contribution in [0.1, 0.15) is 32.6 Å². The van der Waals surface area contributed by atoms with Crippen molar-refractivity contribution >= 4 is 0 Å². The molecule has 0 rings (SSSR count). The highest BCUT2D eigenvalue weighted by atomic mass is 16.3. The van der Waals surface area contributed by atoms with Crippen LogP contribution in [-0.4, -0.2) is 34.1 Å². The van der Waals surface area contributed by atoms with Crippen LogP contribution in [0.15, 0.2) is 0 Å². The van der Waals surface area contributed by atoms with Crippen molar-refractivity contribution in [1.82, 2.24) is 0 Å². The lowest BCUT2D eigenvalue weighted by molar-refractivity contribution is 0.000134. The van der Waals surface area contributed by atoms with E-state index in [0.717, 1.165) is 12.8 Å². The Hall–Kier alpha value is -0.120. The summed E-state index contributed by atoms with van der Waals surface area (Å²) in [5.74, 6) is 0. The summed E-state index contributed by atoms with van der Waals surface area (Å²) in [5.41, 5.74) is 0. The van der Waals surface area contributed by atoms with Gasteiger partial charge < -0.3 is 15.3 Å². The average molecular weight is 162 g/mol. The molecule has 0 radical (unpaired) electrons. The van der Waals surface area contributed by atoms with Crippen LogP contribution in [0.4, 0.5) is 0 Å². The molecule has 0 saturated heterocycles. The fourth-order valence-corrected chi connectivity index (χ4v) is 0.930. The zero-order valence-electron chi connectivity index (χ0n) is 7.03. The Kier molecular flexibility index (Phi) is 6.51. The first-order valence-electron chi connectivity index (χ1n) is 4.19. The van der Waals surface area contributed by atoms with Crippen molar-refractivity contribution in [3.05, 3.63) is 0 Å². The molecular weight excluding hydrogens is 144 g/mol. The van der Waals surface area contributed by atoms with E-state index < -0.39 is 12.2 Å². The standard InChI is InChI=1S/C8H18O3/c1-2-3-4-7(10)8(11)5-6-9/h7-11H,2-6H2,1H3. The first kappa shape index (κ1) is 10.9. The molecule has 2 unspecified atom stereocenters. The molecule has 0 aliphatic carbocycles. The lowest BCUT2D eigenvalue weighted by Crippen LogP contribution is -2.26. The molecule has 0 bridgehead atoms. The molecule has 0 aliphatic heterocycles. The van der Waals surface area contributed by atoms with Gasteiger partial charge in [0.05, 0.1) is 12.2 Å². The van der Waals surface area contributed by atoms with Gasteiger partial charge in [-0.1, -0.05) is 19.8 Å². The minimum atomic E-state index is -0.758. The molecule has 11 heavy (non-hydrogen) atoms. The second-order valence-corrected chi connectivity index (χ2v) is 2.79. The highest BCUT2D eigenvalue weighted by Crippen LogP contribution is 2.06.